The summed E-state index contributed by atoms with van der Waals surface area (Å²) in [5, 5.41) is 3.02. The first-order chi connectivity index (χ1) is 10.7. The molecule has 2 aromatic rings. The molecule has 2 amide bonds. The van der Waals surface area contributed by atoms with Crippen LogP contribution in [0.1, 0.15) is 29.3 Å². The number of carbonyl (C=O) groups excluding carboxylic acids is 1. The second kappa shape index (κ2) is 7.11. The molecule has 1 fully saturated rings. The summed E-state index contributed by atoms with van der Waals surface area (Å²) in [6, 6.07) is 8.06. The first-order valence-electron chi connectivity index (χ1n) is 7.42. The molecule has 0 spiro atoms. The third-order valence-corrected chi connectivity index (χ3v) is 5.17. The van der Waals surface area contributed by atoms with E-state index in [0.717, 1.165) is 35.7 Å². The number of urea groups is 1. The molecule has 3 rings (SSSR count). The maximum Gasteiger partial charge on any atom is 0.317 e. The number of hydrogen-bond acceptors (Lipinski definition) is 3. The molecule has 116 valence electrons. The smallest absolute Gasteiger partial charge is 0.317 e. The number of rotatable bonds is 4. The average molecular weight is 336 g/mol. The molecule has 1 N–H and O–H groups in total. The number of amides is 2. The zero-order chi connectivity index (χ0) is 15.4. The summed E-state index contributed by atoms with van der Waals surface area (Å²) in [6.07, 6.45) is 6.43. The highest BCUT2D eigenvalue weighted by Gasteiger charge is 2.29. The minimum absolute atomic E-state index is 0.0157. The van der Waals surface area contributed by atoms with Gasteiger partial charge in [-0.25, -0.2) is 4.79 Å². The highest BCUT2D eigenvalue weighted by atomic mass is 35.5. The van der Waals surface area contributed by atoms with Gasteiger partial charge in [-0.05, 0) is 49.1 Å². The summed E-state index contributed by atoms with van der Waals surface area (Å²) in [7, 11) is 0. The van der Waals surface area contributed by atoms with Crippen molar-refractivity contribution in [3.05, 3.63) is 51.4 Å². The van der Waals surface area contributed by atoms with Crippen molar-refractivity contribution in [1.82, 2.24) is 15.2 Å². The van der Waals surface area contributed by atoms with E-state index in [1.54, 1.807) is 23.7 Å². The molecule has 22 heavy (non-hydrogen) atoms. The number of nitrogens with one attached hydrogen (secondary N) is 1. The Morgan fingerprint density at radius 2 is 2.18 bits per heavy atom. The van der Waals surface area contributed by atoms with Crippen LogP contribution in [0.3, 0.4) is 0 Å². The highest BCUT2D eigenvalue weighted by molar-refractivity contribution is 7.16. The zero-order valence-corrected chi connectivity index (χ0v) is 13.7. The summed E-state index contributed by atoms with van der Waals surface area (Å²) >= 11 is 7.47. The van der Waals surface area contributed by atoms with Gasteiger partial charge in [-0.3, -0.25) is 4.98 Å². The van der Waals surface area contributed by atoms with Crippen LogP contribution < -0.4 is 5.32 Å². The lowest BCUT2D eigenvalue weighted by molar-refractivity contribution is 0.193. The maximum atomic E-state index is 12.4. The molecule has 0 saturated carbocycles. The molecule has 0 aromatic carbocycles. The first kappa shape index (κ1) is 15.3. The zero-order valence-electron chi connectivity index (χ0n) is 12.2. The van der Waals surface area contributed by atoms with E-state index in [0.29, 0.717) is 6.54 Å². The van der Waals surface area contributed by atoms with Crippen molar-refractivity contribution in [2.24, 2.45) is 0 Å². The van der Waals surface area contributed by atoms with Gasteiger partial charge in [0.25, 0.3) is 0 Å². The average Bonchev–Trinajstić information content (AvgIpc) is 3.17. The van der Waals surface area contributed by atoms with Gasteiger partial charge >= 0.3 is 6.03 Å². The molecule has 0 radical (unpaired) electrons. The molecule has 4 nitrogen and oxygen atoms in total. The second-order valence-corrected chi connectivity index (χ2v) is 7.12. The van der Waals surface area contributed by atoms with E-state index in [4.69, 9.17) is 11.6 Å². The molecule has 1 saturated heterocycles. The van der Waals surface area contributed by atoms with Gasteiger partial charge in [-0.15, -0.1) is 11.3 Å². The molecule has 1 aliphatic rings. The normalized spacial score (nSPS) is 17.7. The van der Waals surface area contributed by atoms with E-state index in [9.17, 15) is 4.79 Å². The van der Waals surface area contributed by atoms with E-state index >= 15 is 0 Å². The van der Waals surface area contributed by atoms with Gasteiger partial charge in [0.1, 0.15) is 0 Å². The fourth-order valence-corrected chi connectivity index (χ4v) is 3.91. The number of pyridine rings is 1. The summed E-state index contributed by atoms with van der Waals surface area (Å²) in [5.41, 5.74) is 1.16. The van der Waals surface area contributed by atoms with Crippen LogP contribution in [0.25, 0.3) is 0 Å². The fourth-order valence-electron chi connectivity index (χ4n) is 2.82. The summed E-state index contributed by atoms with van der Waals surface area (Å²) in [4.78, 5) is 19.6. The van der Waals surface area contributed by atoms with Gasteiger partial charge in [0, 0.05) is 30.4 Å². The number of likely N-dealkylation sites (tertiary alicyclic amines) is 1. The van der Waals surface area contributed by atoms with Crippen LogP contribution >= 0.6 is 22.9 Å². The standard InChI is InChI=1S/C16H18ClN3OS/c17-15-4-3-13(22-15)7-10-19-16(21)20-11-1-2-14(20)12-5-8-18-9-6-12/h3-6,8-9,14H,1-2,7,10-11H2,(H,19,21)/t14-/m1/s1. The van der Waals surface area contributed by atoms with Gasteiger partial charge in [0.05, 0.1) is 10.4 Å². The van der Waals surface area contributed by atoms with Crippen LogP contribution in [0.15, 0.2) is 36.7 Å². The number of carbonyl (C=O) groups is 1. The molecule has 1 atom stereocenters. The quantitative estimate of drug-likeness (QED) is 0.921. The van der Waals surface area contributed by atoms with Crippen molar-refractivity contribution in [2.75, 3.05) is 13.1 Å². The van der Waals surface area contributed by atoms with Crippen LogP contribution in [0, 0.1) is 0 Å². The molecule has 2 aromatic heterocycles. The number of aromatic nitrogens is 1. The minimum atomic E-state index is 0.0157. The van der Waals surface area contributed by atoms with E-state index in [1.165, 1.54) is 4.88 Å². The number of halogens is 1. The molecule has 1 aliphatic heterocycles. The van der Waals surface area contributed by atoms with E-state index in [2.05, 4.69) is 10.3 Å². The Hall–Kier alpha value is -1.59. The van der Waals surface area contributed by atoms with Crippen LogP contribution in [0.2, 0.25) is 4.34 Å². The van der Waals surface area contributed by atoms with Gasteiger partial charge in [-0.1, -0.05) is 11.6 Å². The molecule has 3 heterocycles. The lowest BCUT2D eigenvalue weighted by Crippen LogP contribution is -2.40. The highest BCUT2D eigenvalue weighted by Crippen LogP contribution is 2.31. The van der Waals surface area contributed by atoms with E-state index < -0.39 is 0 Å². The Balaban J connectivity index is 1.55. The van der Waals surface area contributed by atoms with Crippen LogP contribution in [-0.2, 0) is 6.42 Å². The van der Waals surface area contributed by atoms with E-state index in [1.807, 2.05) is 29.2 Å². The van der Waals surface area contributed by atoms with Crippen molar-refractivity contribution in [3.8, 4) is 0 Å². The van der Waals surface area contributed by atoms with Crippen molar-refractivity contribution in [2.45, 2.75) is 25.3 Å². The molecular weight excluding hydrogens is 318 g/mol. The Morgan fingerprint density at radius 3 is 2.91 bits per heavy atom. The van der Waals surface area contributed by atoms with Crippen molar-refractivity contribution < 1.29 is 4.79 Å². The lowest BCUT2D eigenvalue weighted by atomic mass is 10.1. The Labute approximate surface area is 139 Å². The topological polar surface area (TPSA) is 45.2 Å². The van der Waals surface area contributed by atoms with Crippen LogP contribution in [0.5, 0.6) is 0 Å². The van der Waals surface area contributed by atoms with Crippen molar-refractivity contribution in [1.29, 1.82) is 0 Å². The Bertz CT molecular complexity index is 631. The Kier molecular flexibility index (Phi) is 4.95. The van der Waals surface area contributed by atoms with Gasteiger partial charge in [0.15, 0.2) is 0 Å². The van der Waals surface area contributed by atoms with E-state index in [-0.39, 0.29) is 12.1 Å². The lowest BCUT2D eigenvalue weighted by Gasteiger charge is -2.25. The monoisotopic (exact) mass is 335 g/mol. The minimum Gasteiger partial charge on any atom is -0.338 e. The van der Waals surface area contributed by atoms with Crippen molar-refractivity contribution >= 4 is 29.0 Å². The predicted octanol–water partition coefficient (Wildman–Crippen LogP) is 3.89. The summed E-state index contributed by atoms with van der Waals surface area (Å²) in [6.45, 7) is 1.44. The number of hydrogen-bond donors (Lipinski definition) is 1. The third kappa shape index (κ3) is 3.59. The first-order valence-corrected chi connectivity index (χ1v) is 8.62. The summed E-state index contributed by atoms with van der Waals surface area (Å²) in [5.74, 6) is 0. The predicted molar refractivity (Wildman–Crippen MR) is 89.3 cm³/mol. The molecule has 0 bridgehead atoms. The Morgan fingerprint density at radius 1 is 1.36 bits per heavy atom. The maximum absolute atomic E-state index is 12.4. The van der Waals surface area contributed by atoms with Crippen molar-refractivity contribution in [3.63, 3.8) is 0 Å². The van der Waals surface area contributed by atoms with Crippen LogP contribution in [0.4, 0.5) is 4.79 Å². The van der Waals surface area contributed by atoms with Crippen LogP contribution in [-0.4, -0.2) is 29.0 Å². The molecule has 0 unspecified atom stereocenters. The molecule has 0 aliphatic carbocycles. The van der Waals surface area contributed by atoms with Gasteiger partial charge < -0.3 is 10.2 Å². The molecule has 6 heteroatoms. The number of nitrogens with zero attached hydrogens (tertiary/aromatic N) is 2. The third-order valence-electron chi connectivity index (χ3n) is 3.88. The number of thiophene rings is 1. The van der Waals surface area contributed by atoms with Gasteiger partial charge in [-0.2, -0.15) is 0 Å². The molecular formula is C16H18ClN3OS. The second-order valence-electron chi connectivity index (χ2n) is 5.32. The largest absolute Gasteiger partial charge is 0.338 e. The SMILES string of the molecule is O=C(NCCc1ccc(Cl)s1)N1CCC[C@@H]1c1ccncc1. The summed E-state index contributed by atoms with van der Waals surface area (Å²) < 4.78 is 0.790. The van der Waals surface area contributed by atoms with Gasteiger partial charge in [0.2, 0.25) is 0 Å². The fraction of sp³-hybridized carbons (Fsp3) is 0.375.